The van der Waals surface area contributed by atoms with Crippen LogP contribution in [0.5, 0.6) is 0 Å². The summed E-state index contributed by atoms with van der Waals surface area (Å²) in [6.07, 6.45) is 5.73. The minimum Gasteiger partial charge on any atom is -0.356 e. The van der Waals surface area contributed by atoms with Crippen LogP contribution in [0.1, 0.15) is 38.2 Å². The molecule has 30 heavy (non-hydrogen) atoms. The van der Waals surface area contributed by atoms with Crippen molar-refractivity contribution >= 4 is 41.5 Å². The second kappa shape index (κ2) is 11.3. The summed E-state index contributed by atoms with van der Waals surface area (Å²) in [5, 5.41) is 3.46. The number of aliphatic imine (C=N–C) groups is 1. The molecule has 1 aliphatic carbocycles. The maximum atomic E-state index is 12.6. The van der Waals surface area contributed by atoms with Gasteiger partial charge in [0.2, 0.25) is 5.91 Å². The molecule has 1 saturated heterocycles. The molecule has 1 aromatic carbocycles. The highest BCUT2D eigenvalue weighted by molar-refractivity contribution is 14.0. The number of nitrogens with zero attached hydrogens (tertiary/aromatic N) is 4. The highest BCUT2D eigenvalue weighted by Gasteiger charge is 2.29. The van der Waals surface area contributed by atoms with E-state index < -0.39 is 0 Å². The van der Waals surface area contributed by atoms with Crippen LogP contribution in [0.25, 0.3) is 0 Å². The molecule has 2 fully saturated rings. The van der Waals surface area contributed by atoms with Gasteiger partial charge in [-0.25, -0.2) is 0 Å². The molecule has 0 unspecified atom stereocenters. The number of hydrogen-bond donors (Lipinski definition) is 1. The zero-order chi connectivity index (χ0) is 20.1. The summed E-state index contributed by atoms with van der Waals surface area (Å²) < 4.78 is 0. The maximum Gasteiger partial charge on any atom is 0.225 e. The molecule has 0 bridgehead atoms. The number of guanidine groups is 1. The zero-order valence-corrected chi connectivity index (χ0v) is 20.5. The van der Waals surface area contributed by atoms with Gasteiger partial charge in [0.05, 0.1) is 6.54 Å². The lowest BCUT2D eigenvalue weighted by molar-refractivity contribution is -0.137. The lowest BCUT2D eigenvalue weighted by Crippen LogP contribution is -2.50. The van der Waals surface area contributed by atoms with Crippen LogP contribution in [0.2, 0.25) is 0 Å². The predicted octanol–water partition coefficient (Wildman–Crippen LogP) is 2.97. The molecular weight excluding hydrogens is 489 g/mol. The molecule has 4 rings (SSSR count). The van der Waals surface area contributed by atoms with E-state index in [0.717, 1.165) is 77.6 Å². The van der Waals surface area contributed by atoms with Crippen LogP contribution in [0.4, 0.5) is 5.69 Å². The molecule has 6 nitrogen and oxygen atoms in total. The smallest absolute Gasteiger partial charge is 0.225 e. The second-order valence-electron chi connectivity index (χ2n) is 8.41. The Morgan fingerprint density at radius 1 is 1.10 bits per heavy atom. The fourth-order valence-corrected chi connectivity index (χ4v) is 4.87. The quantitative estimate of drug-likeness (QED) is 0.365. The van der Waals surface area contributed by atoms with E-state index in [9.17, 15) is 4.79 Å². The van der Waals surface area contributed by atoms with E-state index in [-0.39, 0.29) is 24.0 Å². The lowest BCUT2D eigenvalue weighted by atomic mass is 10.1. The number of rotatable bonds is 5. The van der Waals surface area contributed by atoms with Crippen molar-refractivity contribution in [1.29, 1.82) is 0 Å². The monoisotopic (exact) mass is 525 g/mol. The molecule has 0 spiro atoms. The standard InChI is InChI=1S/C23H35N5O.HI/c1-2-24-23(28-13-11-19-7-5-6-10-21(19)28)25-12-14-26-15-17-27(18-16-26)22(29)20-8-3-4-9-20;/h5-7,10,20H,2-4,8-9,11-18H2,1H3,(H,24,25);1H. The SMILES string of the molecule is CCNC(=NCCN1CCN(C(=O)C2CCCC2)CC1)N1CCc2ccccc21.I. The van der Waals surface area contributed by atoms with Crippen molar-refractivity contribution < 1.29 is 4.79 Å². The van der Waals surface area contributed by atoms with E-state index in [1.54, 1.807) is 0 Å². The van der Waals surface area contributed by atoms with E-state index in [4.69, 9.17) is 4.99 Å². The Kier molecular flexibility index (Phi) is 8.80. The third-order valence-corrected chi connectivity index (χ3v) is 6.54. The number of fused-ring (bicyclic) bond motifs is 1. The number of para-hydroxylation sites is 1. The number of nitrogens with one attached hydrogen (secondary N) is 1. The molecule has 3 aliphatic rings. The fraction of sp³-hybridized carbons (Fsp3) is 0.652. The van der Waals surface area contributed by atoms with Gasteiger partial charge in [0, 0.05) is 57.4 Å². The van der Waals surface area contributed by atoms with Crippen LogP contribution in [-0.4, -0.2) is 74.0 Å². The van der Waals surface area contributed by atoms with E-state index in [1.165, 1.54) is 24.1 Å². The molecule has 166 valence electrons. The molecule has 1 N–H and O–H groups in total. The van der Waals surface area contributed by atoms with E-state index in [0.29, 0.717) is 11.8 Å². The molecule has 1 aromatic rings. The van der Waals surface area contributed by atoms with Crippen molar-refractivity contribution in [2.45, 2.75) is 39.0 Å². The first-order valence-electron chi connectivity index (χ1n) is 11.4. The van der Waals surface area contributed by atoms with E-state index >= 15 is 0 Å². The minimum atomic E-state index is 0. The first-order chi connectivity index (χ1) is 14.3. The number of carbonyl (C=O) groups excluding carboxylic acids is 1. The molecule has 7 heteroatoms. The summed E-state index contributed by atoms with van der Waals surface area (Å²) in [4.78, 5) is 24.4. The molecule has 0 aromatic heterocycles. The third-order valence-electron chi connectivity index (χ3n) is 6.54. The van der Waals surface area contributed by atoms with Crippen LogP contribution in [0.15, 0.2) is 29.3 Å². The number of halogens is 1. The van der Waals surface area contributed by atoms with Crippen LogP contribution in [0, 0.1) is 5.92 Å². The first kappa shape index (κ1) is 23.3. The number of hydrogen-bond acceptors (Lipinski definition) is 3. The van der Waals surface area contributed by atoms with Gasteiger partial charge in [0.25, 0.3) is 0 Å². The van der Waals surface area contributed by atoms with Crippen molar-refractivity contribution in [3.8, 4) is 0 Å². The Bertz CT molecular complexity index is 726. The Morgan fingerprint density at radius 2 is 1.83 bits per heavy atom. The molecule has 2 aliphatic heterocycles. The fourth-order valence-electron chi connectivity index (χ4n) is 4.87. The van der Waals surface area contributed by atoms with Gasteiger partial charge in [-0.15, -0.1) is 24.0 Å². The van der Waals surface area contributed by atoms with Crippen LogP contribution in [-0.2, 0) is 11.2 Å². The molecule has 2 heterocycles. The van der Waals surface area contributed by atoms with Gasteiger partial charge in [-0.05, 0) is 37.8 Å². The summed E-state index contributed by atoms with van der Waals surface area (Å²) in [5.74, 6) is 1.70. The van der Waals surface area contributed by atoms with Crippen LogP contribution in [0.3, 0.4) is 0 Å². The molecule has 1 amide bonds. The number of piperazine rings is 1. The summed E-state index contributed by atoms with van der Waals surface area (Å²) >= 11 is 0. The van der Waals surface area contributed by atoms with Crippen molar-refractivity contribution in [2.24, 2.45) is 10.9 Å². The van der Waals surface area contributed by atoms with Gasteiger partial charge in [-0.3, -0.25) is 14.7 Å². The highest BCUT2D eigenvalue weighted by atomic mass is 127. The number of carbonyl (C=O) groups is 1. The lowest BCUT2D eigenvalue weighted by Gasteiger charge is -2.35. The Hall–Kier alpha value is -1.35. The average Bonchev–Trinajstić information content (AvgIpc) is 3.43. The van der Waals surface area contributed by atoms with Gasteiger partial charge in [0.15, 0.2) is 5.96 Å². The van der Waals surface area contributed by atoms with Crippen LogP contribution >= 0.6 is 24.0 Å². The summed E-state index contributed by atoms with van der Waals surface area (Å²) in [5.41, 5.74) is 2.69. The largest absolute Gasteiger partial charge is 0.356 e. The maximum absolute atomic E-state index is 12.6. The summed E-state index contributed by atoms with van der Waals surface area (Å²) in [7, 11) is 0. The number of amides is 1. The van der Waals surface area contributed by atoms with Crippen LogP contribution < -0.4 is 10.2 Å². The second-order valence-corrected chi connectivity index (χ2v) is 8.41. The Balaban J connectivity index is 0.00000256. The average molecular weight is 525 g/mol. The Labute approximate surface area is 198 Å². The molecular formula is C23H36IN5O. The van der Waals surface area contributed by atoms with Crippen molar-refractivity contribution in [2.75, 3.05) is 57.3 Å². The van der Waals surface area contributed by atoms with Gasteiger partial charge < -0.3 is 15.1 Å². The third kappa shape index (κ3) is 5.46. The van der Waals surface area contributed by atoms with Crippen molar-refractivity contribution in [3.63, 3.8) is 0 Å². The van der Waals surface area contributed by atoms with Gasteiger partial charge >= 0.3 is 0 Å². The molecule has 0 atom stereocenters. The Morgan fingerprint density at radius 3 is 2.57 bits per heavy atom. The molecule has 0 radical (unpaired) electrons. The van der Waals surface area contributed by atoms with Gasteiger partial charge in [0.1, 0.15) is 0 Å². The van der Waals surface area contributed by atoms with Gasteiger partial charge in [-0.2, -0.15) is 0 Å². The van der Waals surface area contributed by atoms with Crippen molar-refractivity contribution in [1.82, 2.24) is 15.1 Å². The summed E-state index contributed by atoms with van der Waals surface area (Å²) in [6, 6.07) is 8.62. The summed E-state index contributed by atoms with van der Waals surface area (Å²) in [6.45, 7) is 9.42. The molecule has 1 saturated carbocycles. The first-order valence-corrected chi connectivity index (χ1v) is 11.4. The van der Waals surface area contributed by atoms with Gasteiger partial charge in [-0.1, -0.05) is 31.0 Å². The highest BCUT2D eigenvalue weighted by Crippen LogP contribution is 2.28. The van der Waals surface area contributed by atoms with Crippen molar-refractivity contribution in [3.05, 3.63) is 29.8 Å². The number of benzene rings is 1. The predicted molar refractivity (Wildman–Crippen MR) is 134 cm³/mol. The van der Waals surface area contributed by atoms with E-state index in [1.807, 2.05) is 0 Å². The topological polar surface area (TPSA) is 51.2 Å². The minimum absolute atomic E-state index is 0. The normalized spacial score (nSPS) is 20.2. The number of anilines is 1. The zero-order valence-electron chi connectivity index (χ0n) is 18.2. The van der Waals surface area contributed by atoms with E-state index in [2.05, 4.69) is 51.2 Å².